The lowest BCUT2D eigenvalue weighted by Gasteiger charge is -2.26. The number of nitrogens with zero attached hydrogens (tertiary/aromatic N) is 3. The molecule has 3 heterocycles. The molecule has 4 N–H and O–H groups in total. The molecule has 1 aliphatic heterocycles. The molecule has 26 heavy (non-hydrogen) atoms. The van der Waals surface area contributed by atoms with Gasteiger partial charge in [0.2, 0.25) is 0 Å². The Labute approximate surface area is 152 Å². The van der Waals surface area contributed by atoms with Crippen molar-refractivity contribution in [2.24, 2.45) is 11.8 Å². The predicted molar refractivity (Wildman–Crippen MR) is 98.7 cm³/mol. The first-order valence-electron chi connectivity index (χ1n) is 9.44. The lowest BCUT2D eigenvalue weighted by Crippen LogP contribution is -2.34. The summed E-state index contributed by atoms with van der Waals surface area (Å²) in [5, 5.41) is 8.92. The third kappa shape index (κ3) is 3.26. The van der Waals surface area contributed by atoms with Crippen molar-refractivity contribution < 1.29 is 9.53 Å². The molecule has 8 heteroatoms. The zero-order valence-electron chi connectivity index (χ0n) is 15.1. The molecule has 4 rings (SSSR count). The van der Waals surface area contributed by atoms with E-state index in [0.29, 0.717) is 11.5 Å². The third-order valence-corrected chi connectivity index (χ3v) is 5.27. The van der Waals surface area contributed by atoms with E-state index >= 15 is 0 Å². The van der Waals surface area contributed by atoms with Crippen molar-refractivity contribution in [2.45, 2.75) is 51.6 Å². The van der Waals surface area contributed by atoms with Gasteiger partial charge in [0, 0.05) is 25.8 Å². The summed E-state index contributed by atoms with van der Waals surface area (Å²) in [4.78, 5) is 17.5. The van der Waals surface area contributed by atoms with Gasteiger partial charge in [0.15, 0.2) is 5.65 Å². The summed E-state index contributed by atoms with van der Waals surface area (Å²) < 4.78 is 7.34. The van der Waals surface area contributed by atoms with Gasteiger partial charge in [-0.15, -0.1) is 0 Å². The van der Waals surface area contributed by atoms with Gasteiger partial charge >= 0.3 is 0 Å². The molecule has 0 radical (unpaired) electrons. The minimum Gasteiger partial charge on any atom is -0.381 e. The van der Waals surface area contributed by atoms with E-state index in [9.17, 15) is 4.79 Å². The first-order valence-corrected chi connectivity index (χ1v) is 9.44. The van der Waals surface area contributed by atoms with Crippen LogP contribution in [0.3, 0.4) is 0 Å². The van der Waals surface area contributed by atoms with Gasteiger partial charge in [0.05, 0.1) is 28.5 Å². The molecule has 2 aromatic heterocycles. The molecule has 0 bridgehead atoms. The molecule has 1 saturated heterocycles. The number of nitrogen functional groups attached to an aromatic ring is 1. The van der Waals surface area contributed by atoms with Gasteiger partial charge < -0.3 is 10.1 Å². The number of carbonyl (C=O) groups is 1. The highest BCUT2D eigenvalue weighted by molar-refractivity contribution is 6.07. The highest BCUT2D eigenvalue weighted by Crippen LogP contribution is 2.37. The Morgan fingerprint density at radius 3 is 2.77 bits per heavy atom. The Hall–Kier alpha value is -2.19. The molecule has 140 valence electrons. The number of aryl methyl sites for hydroxylation is 1. The summed E-state index contributed by atoms with van der Waals surface area (Å²) in [6.07, 6.45) is 6.80. The Morgan fingerprint density at radius 2 is 2.12 bits per heavy atom. The molecular formula is C18H26N6O2. The van der Waals surface area contributed by atoms with Gasteiger partial charge in [0.1, 0.15) is 0 Å². The zero-order valence-corrected chi connectivity index (χ0v) is 15.1. The number of rotatable bonds is 6. The Bertz CT molecular complexity index is 808. The summed E-state index contributed by atoms with van der Waals surface area (Å²) in [5.41, 5.74) is 5.32. The van der Waals surface area contributed by atoms with E-state index in [1.165, 1.54) is 12.8 Å². The van der Waals surface area contributed by atoms with E-state index in [0.717, 1.165) is 61.4 Å². The molecule has 0 unspecified atom stereocenters. The molecule has 2 fully saturated rings. The van der Waals surface area contributed by atoms with Crippen molar-refractivity contribution >= 4 is 22.6 Å². The number of nitrogens with one attached hydrogen (secondary N) is 2. The normalized spacial score (nSPS) is 18.2. The zero-order chi connectivity index (χ0) is 18.1. The van der Waals surface area contributed by atoms with Crippen molar-refractivity contribution in [3.05, 3.63) is 17.5 Å². The fraction of sp³-hybridized carbons (Fsp3) is 0.611. The van der Waals surface area contributed by atoms with Gasteiger partial charge in [-0.05, 0) is 44.9 Å². The maximum Gasteiger partial charge on any atom is 0.269 e. The van der Waals surface area contributed by atoms with Gasteiger partial charge in [-0.2, -0.15) is 5.10 Å². The van der Waals surface area contributed by atoms with Crippen molar-refractivity contribution in [1.29, 1.82) is 0 Å². The molecule has 0 atom stereocenters. The summed E-state index contributed by atoms with van der Waals surface area (Å²) in [5.74, 6) is 5.81. The van der Waals surface area contributed by atoms with Crippen molar-refractivity contribution in [3.63, 3.8) is 0 Å². The minimum absolute atomic E-state index is 0.262. The van der Waals surface area contributed by atoms with E-state index in [1.807, 2.05) is 11.6 Å². The highest BCUT2D eigenvalue weighted by Gasteiger charge is 2.29. The lowest BCUT2D eigenvalue weighted by atomic mass is 10.0. The molecule has 0 aromatic carbocycles. The Kier molecular flexibility index (Phi) is 4.78. The SMILES string of the molecule is CCn1ncc2c(NC3CCOCC3)c(C(=O)NN)c(CC3CC3)nc21. The second-order valence-electron chi connectivity index (χ2n) is 7.16. The second-order valence-corrected chi connectivity index (χ2v) is 7.16. The number of anilines is 1. The molecule has 8 nitrogen and oxygen atoms in total. The molecule has 0 spiro atoms. The number of ether oxygens (including phenoxy) is 1. The van der Waals surface area contributed by atoms with Gasteiger partial charge in [0.25, 0.3) is 5.91 Å². The molecular weight excluding hydrogens is 332 g/mol. The number of pyridine rings is 1. The first kappa shape index (κ1) is 17.2. The molecule has 2 aliphatic rings. The van der Waals surface area contributed by atoms with Crippen LogP contribution >= 0.6 is 0 Å². The van der Waals surface area contributed by atoms with Crippen molar-refractivity contribution in [2.75, 3.05) is 18.5 Å². The standard InChI is InChI=1S/C18H26N6O2/c1-2-24-17-13(10-20-24)16(21-12-5-7-26-8-6-12)15(18(25)23-19)14(22-17)9-11-3-4-11/h10-12H,2-9,19H2,1H3,(H,21,22)(H,23,25). The number of amides is 1. The van der Waals surface area contributed by atoms with Crippen molar-refractivity contribution in [3.8, 4) is 0 Å². The van der Waals surface area contributed by atoms with Crippen LogP contribution in [0.15, 0.2) is 6.20 Å². The largest absolute Gasteiger partial charge is 0.381 e. The van der Waals surface area contributed by atoms with Crippen LogP contribution in [-0.2, 0) is 17.7 Å². The van der Waals surface area contributed by atoms with Gasteiger partial charge in [-0.25, -0.2) is 15.5 Å². The van der Waals surface area contributed by atoms with Crippen LogP contribution in [-0.4, -0.2) is 39.9 Å². The monoisotopic (exact) mass is 358 g/mol. The fourth-order valence-corrected chi connectivity index (χ4v) is 3.62. The Balaban J connectivity index is 1.85. The average molecular weight is 358 g/mol. The van der Waals surface area contributed by atoms with E-state index < -0.39 is 0 Å². The molecule has 1 saturated carbocycles. The van der Waals surface area contributed by atoms with Crippen LogP contribution in [0.5, 0.6) is 0 Å². The molecule has 2 aromatic rings. The smallest absolute Gasteiger partial charge is 0.269 e. The van der Waals surface area contributed by atoms with E-state index in [4.69, 9.17) is 15.6 Å². The quantitative estimate of drug-likeness (QED) is 0.411. The third-order valence-electron chi connectivity index (χ3n) is 5.27. The maximum absolute atomic E-state index is 12.7. The number of hydrogen-bond donors (Lipinski definition) is 3. The number of hydrazine groups is 1. The second kappa shape index (κ2) is 7.20. The summed E-state index contributed by atoms with van der Waals surface area (Å²) in [7, 11) is 0. The van der Waals surface area contributed by atoms with Crippen molar-refractivity contribution in [1.82, 2.24) is 20.2 Å². The Morgan fingerprint density at radius 1 is 1.35 bits per heavy atom. The molecule has 1 amide bonds. The number of hydrogen-bond acceptors (Lipinski definition) is 6. The van der Waals surface area contributed by atoms with Crippen LogP contribution < -0.4 is 16.6 Å². The predicted octanol–water partition coefficient (Wildman–Crippen LogP) is 1.60. The number of fused-ring (bicyclic) bond motifs is 1. The molecule has 1 aliphatic carbocycles. The fourth-order valence-electron chi connectivity index (χ4n) is 3.62. The van der Waals surface area contributed by atoms with Crippen LogP contribution in [0.4, 0.5) is 5.69 Å². The summed E-state index contributed by atoms with van der Waals surface area (Å²) in [6.45, 7) is 4.24. The van der Waals surface area contributed by atoms with Gasteiger partial charge in [-0.1, -0.05) is 0 Å². The minimum atomic E-state index is -0.297. The van der Waals surface area contributed by atoms with E-state index in [2.05, 4.69) is 15.8 Å². The van der Waals surface area contributed by atoms with Gasteiger partial charge in [-0.3, -0.25) is 10.2 Å². The van der Waals surface area contributed by atoms with Crippen LogP contribution in [0.2, 0.25) is 0 Å². The highest BCUT2D eigenvalue weighted by atomic mass is 16.5. The lowest BCUT2D eigenvalue weighted by molar-refractivity contribution is 0.0904. The maximum atomic E-state index is 12.7. The summed E-state index contributed by atoms with van der Waals surface area (Å²) in [6, 6.07) is 0.262. The van der Waals surface area contributed by atoms with Crippen LogP contribution in [0.25, 0.3) is 11.0 Å². The van der Waals surface area contributed by atoms with Crippen LogP contribution in [0.1, 0.15) is 48.7 Å². The van der Waals surface area contributed by atoms with Crippen LogP contribution in [0, 0.1) is 5.92 Å². The van der Waals surface area contributed by atoms with E-state index in [1.54, 1.807) is 6.20 Å². The summed E-state index contributed by atoms with van der Waals surface area (Å²) >= 11 is 0. The topological polar surface area (TPSA) is 107 Å². The first-order chi connectivity index (χ1) is 12.7. The van der Waals surface area contributed by atoms with E-state index in [-0.39, 0.29) is 11.9 Å². The average Bonchev–Trinajstić information content (AvgIpc) is 3.38. The number of nitrogens with two attached hydrogens (primary N) is 1. The number of carbonyl (C=O) groups excluding carboxylic acids is 1. The number of aromatic nitrogens is 3.